The maximum Gasteiger partial charge on any atom is 0.132 e. The molecule has 0 atom stereocenters. The van der Waals surface area contributed by atoms with E-state index >= 15 is 0 Å². The van der Waals surface area contributed by atoms with Gasteiger partial charge in [-0.3, -0.25) is 10.8 Å². The van der Waals surface area contributed by atoms with Crippen molar-refractivity contribution in [3.8, 4) is 0 Å². The van der Waals surface area contributed by atoms with E-state index in [-0.39, 0.29) is 0 Å². The van der Waals surface area contributed by atoms with Crippen LogP contribution in [0, 0.1) is 10.8 Å². The summed E-state index contributed by atoms with van der Waals surface area (Å²) in [6.45, 7) is 11.6. The smallest absolute Gasteiger partial charge is 0.132 e. The molecule has 0 bridgehead atoms. The third-order valence-corrected chi connectivity index (χ3v) is 4.80. The summed E-state index contributed by atoms with van der Waals surface area (Å²) in [5.41, 5.74) is -1.27. The normalized spacial score (nSPS) is 20.3. The number of azo groups is 1. The Morgan fingerprint density at radius 3 is 1.30 bits per heavy atom. The molecule has 0 amide bonds. The zero-order chi connectivity index (χ0) is 17.1. The third-order valence-electron chi connectivity index (χ3n) is 4.80. The molecular weight excluding hydrogens is 288 g/mol. The predicted molar refractivity (Wildman–Crippen MR) is 94.7 cm³/mol. The van der Waals surface area contributed by atoms with Gasteiger partial charge in [-0.15, -0.1) is 0 Å². The Balaban J connectivity index is 2.03. The fourth-order valence-corrected chi connectivity index (χ4v) is 3.18. The minimum atomic E-state index is -0.639. The van der Waals surface area contributed by atoms with Crippen molar-refractivity contribution in [2.45, 2.75) is 70.9 Å². The number of piperidine rings is 1. The van der Waals surface area contributed by atoms with Gasteiger partial charge >= 0.3 is 0 Å². The Labute approximate surface area is 140 Å². The first-order chi connectivity index (χ1) is 10.7. The minimum Gasteiger partial charge on any atom is -0.358 e. The second kappa shape index (κ2) is 6.97. The molecule has 2 aliphatic rings. The van der Waals surface area contributed by atoms with Crippen LogP contribution in [0.4, 0.5) is 0 Å². The molecule has 0 aromatic carbocycles. The van der Waals surface area contributed by atoms with Crippen LogP contribution < -0.4 is 0 Å². The van der Waals surface area contributed by atoms with E-state index < -0.39 is 11.1 Å². The monoisotopic (exact) mass is 320 g/mol. The molecule has 0 unspecified atom stereocenters. The number of likely N-dealkylation sites (tertiary alicyclic amines) is 2. The van der Waals surface area contributed by atoms with E-state index in [9.17, 15) is 0 Å². The van der Waals surface area contributed by atoms with E-state index in [1.165, 1.54) is 6.42 Å². The van der Waals surface area contributed by atoms with Gasteiger partial charge in [0.2, 0.25) is 0 Å². The molecule has 2 rings (SSSR count). The maximum absolute atomic E-state index is 8.48. The van der Waals surface area contributed by atoms with Gasteiger partial charge in [0.1, 0.15) is 22.7 Å². The Hall–Kier alpha value is -1.46. The van der Waals surface area contributed by atoms with Gasteiger partial charge < -0.3 is 9.80 Å². The Kier molecular flexibility index (Phi) is 5.42. The molecule has 2 heterocycles. The van der Waals surface area contributed by atoms with Gasteiger partial charge in [0.25, 0.3) is 0 Å². The molecule has 2 N–H and O–H groups in total. The fourth-order valence-electron chi connectivity index (χ4n) is 3.18. The molecule has 0 aromatic rings. The lowest BCUT2D eigenvalue weighted by atomic mass is 10.0. The number of hydrogen-bond donors (Lipinski definition) is 2. The molecule has 6 nitrogen and oxygen atoms in total. The molecule has 0 saturated carbocycles. The summed E-state index contributed by atoms with van der Waals surface area (Å²) < 4.78 is 0. The molecule has 2 fully saturated rings. The summed E-state index contributed by atoms with van der Waals surface area (Å²) in [6.07, 6.45) is 5.87. The van der Waals surface area contributed by atoms with Gasteiger partial charge in [0, 0.05) is 26.2 Å². The van der Waals surface area contributed by atoms with Crippen LogP contribution in [0.1, 0.15) is 59.8 Å². The standard InChI is InChI=1S/C17H32N6/c1-16(2,14(18)22-10-6-5-7-11-22)20-21-17(3,4)15(19)23-12-8-9-13-23/h18-19H,5-13H2,1-4H3. The van der Waals surface area contributed by atoms with Gasteiger partial charge in [-0.05, 0) is 59.8 Å². The van der Waals surface area contributed by atoms with Crippen molar-refractivity contribution in [3.63, 3.8) is 0 Å². The van der Waals surface area contributed by atoms with Crippen LogP contribution in [0.25, 0.3) is 0 Å². The molecular formula is C17H32N6. The van der Waals surface area contributed by atoms with Crippen molar-refractivity contribution in [2.75, 3.05) is 26.2 Å². The van der Waals surface area contributed by atoms with Gasteiger partial charge in [0.15, 0.2) is 0 Å². The van der Waals surface area contributed by atoms with Gasteiger partial charge in [0.05, 0.1) is 0 Å². The summed E-state index contributed by atoms with van der Waals surface area (Å²) >= 11 is 0. The molecule has 6 heteroatoms. The summed E-state index contributed by atoms with van der Waals surface area (Å²) in [5.74, 6) is 1.09. The average Bonchev–Trinajstić information content (AvgIpc) is 3.07. The first-order valence-corrected chi connectivity index (χ1v) is 8.86. The lowest BCUT2D eigenvalue weighted by molar-refractivity contribution is 0.319. The summed E-state index contributed by atoms with van der Waals surface area (Å²) in [7, 11) is 0. The highest BCUT2D eigenvalue weighted by molar-refractivity contribution is 5.89. The maximum atomic E-state index is 8.48. The Morgan fingerprint density at radius 1 is 0.652 bits per heavy atom. The molecule has 2 aliphatic heterocycles. The van der Waals surface area contributed by atoms with Crippen LogP contribution in [-0.4, -0.2) is 58.7 Å². The zero-order valence-electron chi connectivity index (χ0n) is 15.2. The Morgan fingerprint density at radius 2 is 0.957 bits per heavy atom. The molecule has 0 spiro atoms. The lowest BCUT2D eigenvalue weighted by Crippen LogP contribution is -2.46. The second-order valence-electron chi connectivity index (χ2n) is 7.76. The predicted octanol–water partition coefficient (Wildman–Crippen LogP) is 3.53. The second-order valence-corrected chi connectivity index (χ2v) is 7.76. The van der Waals surface area contributed by atoms with Crippen molar-refractivity contribution in [3.05, 3.63) is 0 Å². The minimum absolute atomic E-state index is 0.541. The number of amidine groups is 2. The van der Waals surface area contributed by atoms with E-state index in [1.807, 2.05) is 27.7 Å². The molecule has 2 saturated heterocycles. The van der Waals surface area contributed by atoms with E-state index in [1.54, 1.807) is 0 Å². The largest absolute Gasteiger partial charge is 0.358 e. The first-order valence-electron chi connectivity index (χ1n) is 8.86. The van der Waals surface area contributed by atoms with Crippen LogP contribution in [0.15, 0.2) is 10.2 Å². The van der Waals surface area contributed by atoms with Crippen molar-refractivity contribution in [2.24, 2.45) is 10.2 Å². The molecule has 0 aliphatic carbocycles. The number of rotatable bonds is 4. The molecule has 0 radical (unpaired) electrons. The summed E-state index contributed by atoms with van der Waals surface area (Å²) in [5, 5.41) is 25.8. The van der Waals surface area contributed by atoms with Crippen LogP contribution in [0.3, 0.4) is 0 Å². The van der Waals surface area contributed by atoms with Gasteiger partial charge in [-0.25, -0.2) is 0 Å². The first kappa shape index (κ1) is 17.9. The molecule has 23 heavy (non-hydrogen) atoms. The highest BCUT2D eigenvalue weighted by Gasteiger charge is 2.33. The number of nitrogens with zero attached hydrogens (tertiary/aromatic N) is 4. The van der Waals surface area contributed by atoms with E-state index in [2.05, 4.69) is 20.0 Å². The lowest BCUT2D eigenvalue weighted by Gasteiger charge is -2.35. The topological polar surface area (TPSA) is 78.9 Å². The van der Waals surface area contributed by atoms with E-state index in [0.717, 1.165) is 51.9 Å². The quantitative estimate of drug-likeness (QED) is 0.472. The van der Waals surface area contributed by atoms with Crippen molar-refractivity contribution in [1.82, 2.24) is 9.80 Å². The Bertz CT molecular complexity index is 467. The zero-order valence-corrected chi connectivity index (χ0v) is 15.2. The van der Waals surface area contributed by atoms with Gasteiger partial charge in [-0.1, -0.05) is 0 Å². The van der Waals surface area contributed by atoms with E-state index in [4.69, 9.17) is 10.8 Å². The average molecular weight is 320 g/mol. The van der Waals surface area contributed by atoms with Crippen LogP contribution in [-0.2, 0) is 0 Å². The van der Waals surface area contributed by atoms with Gasteiger partial charge in [-0.2, -0.15) is 10.2 Å². The van der Waals surface area contributed by atoms with Crippen molar-refractivity contribution in [1.29, 1.82) is 10.8 Å². The van der Waals surface area contributed by atoms with Crippen molar-refractivity contribution < 1.29 is 0 Å². The molecule has 130 valence electrons. The van der Waals surface area contributed by atoms with Crippen LogP contribution in [0.5, 0.6) is 0 Å². The van der Waals surface area contributed by atoms with Crippen LogP contribution in [0.2, 0.25) is 0 Å². The number of nitrogens with one attached hydrogen (secondary N) is 2. The third kappa shape index (κ3) is 4.30. The fraction of sp³-hybridized carbons (Fsp3) is 0.882. The number of hydrogen-bond acceptors (Lipinski definition) is 4. The van der Waals surface area contributed by atoms with E-state index in [0.29, 0.717) is 11.7 Å². The summed E-state index contributed by atoms with van der Waals surface area (Å²) in [4.78, 5) is 4.23. The SMILES string of the molecule is CC(C)(N=NC(C)(C)C(=N)N1CCCC1)C(=N)N1CCCCC1. The highest BCUT2D eigenvalue weighted by Crippen LogP contribution is 2.23. The summed E-state index contributed by atoms with van der Waals surface area (Å²) in [6, 6.07) is 0. The van der Waals surface area contributed by atoms with Crippen molar-refractivity contribution >= 4 is 11.7 Å². The highest BCUT2D eigenvalue weighted by atomic mass is 15.3. The van der Waals surface area contributed by atoms with Crippen LogP contribution >= 0.6 is 0 Å². The molecule has 0 aromatic heterocycles.